The van der Waals surface area contributed by atoms with Gasteiger partial charge in [-0.05, 0) is 19.4 Å². The van der Waals surface area contributed by atoms with Crippen molar-refractivity contribution in [2.24, 2.45) is 5.73 Å². The van der Waals surface area contributed by atoms with Crippen LogP contribution in [0.2, 0.25) is 0 Å². The molecule has 0 atom stereocenters. The number of nitrogens with two attached hydrogens (primary N) is 1. The van der Waals surface area contributed by atoms with Gasteiger partial charge in [0.2, 0.25) is 0 Å². The topological polar surface area (TPSA) is 81.9 Å². The Morgan fingerprint density at radius 1 is 0.500 bits per heavy atom. The second kappa shape index (κ2) is 34.9. The fourth-order valence-corrected chi connectivity index (χ4v) is 7.50. The lowest BCUT2D eigenvalue weighted by Crippen LogP contribution is -2.61. The zero-order valence-electron chi connectivity index (χ0n) is 33.7. The molecule has 0 aromatic heterocycles. The second-order valence-electron chi connectivity index (χ2n) is 15.6. The van der Waals surface area contributed by atoms with Crippen LogP contribution in [0.25, 0.3) is 0 Å². The molecule has 1 heterocycles. The van der Waals surface area contributed by atoms with Gasteiger partial charge >= 0.3 is 11.9 Å². The fraction of sp³-hybridized carbons (Fsp3) is 0.953. The van der Waals surface area contributed by atoms with Gasteiger partial charge in [-0.1, -0.05) is 168 Å². The van der Waals surface area contributed by atoms with Gasteiger partial charge in [0.05, 0.1) is 19.6 Å². The summed E-state index contributed by atoms with van der Waals surface area (Å²) >= 11 is 0. The maximum atomic E-state index is 12.4. The number of piperazine rings is 1. The van der Waals surface area contributed by atoms with E-state index in [2.05, 4.69) is 18.7 Å². The molecule has 1 aliphatic heterocycles. The standard InChI is InChI=1S/C43H86N3O4/c1-3-5-7-9-11-13-15-17-19-21-23-25-27-30-42(47)49-40-35-45-33-37-46(38-34-45,36-29-32-44)39-41-50-43(48)31-28-26-24-22-20-18-16-14-12-10-8-6-4-2/h3-41,44H2,1-2H3/q+1. The average Bonchev–Trinajstić information content (AvgIpc) is 3.12. The van der Waals surface area contributed by atoms with E-state index >= 15 is 0 Å². The lowest BCUT2D eigenvalue weighted by molar-refractivity contribution is -0.932. The largest absolute Gasteiger partial charge is 0.464 e. The third-order valence-corrected chi connectivity index (χ3v) is 11.1. The minimum atomic E-state index is -0.0428. The number of ether oxygens (including phenoxy) is 2. The van der Waals surface area contributed by atoms with Crippen LogP contribution in [-0.4, -0.2) is 86.9 Å². The van der Waals surface area contributed by atoms with Crippen LogP contribution in [0.15, 0.2) is 0 Å². The first-order valence-electron chi connectivity index (χ1n) is 22.1. The van der Waals surface area contributed by atoms with Crippen molar-refractivity contribution in [1.82, 2.24) is 4.90 Å². The van der Waals surface area contributed by atoms with E-state index in [4.69, 9.17) is 15.2 Å². The molecule has 2 N–H and O–H groups in total. The number of hydrogen-bond acceptors (Lipinski definition) is 6. The number of nitrogens with zero attached hydrogens (tertiary/aromatic N) is 2. The highest BCUT2D eigenvalue weighted by atomic mass is 16.5. The smallest absolute Gasteiger partial charge is 0.305 e. The fourth-order valence-electron chi connectivity index (χ4n) is 7.50. The van der Waals surface area contributed by atoms with Crippen molar-refractivity contribution in [3.63, 3.8) is 0 Å². The van der Waals surface area contributed by atoms with Gasteiger partial charge in [0, 0.05) is 38.9 Å². The molecule has 0 aromatic rings. The highest BCUT2D eigenvalue weighted by molar-refractivity contribution is 5.69. The molecule has 0 amide bonds. The maximum Gasteiger partial charge on any atom is 0.305 e. The molecular formula is C43H86N3O4+. The molecule has 0 saturated carbocycles. The van der Waals surface area contributed by atoms with E-state index in [-0.39, 0.29) is 11.9 Å². The van der Waals surface area contributed by atoms with Gasteiger partial charge in [-0.25, -0.2) is 0 Å². The maximum absolute atomic E-state index is 12.4. The Balaban J connectivity index is 2.04. The van der Waals surface area contributed by atoms with E-state index in [0.29, 0.717) is 32.6 Å². The lowest BCUT2D eigenvalue weighted by atomic mass is 10.0. The van der Waals surface area contributed by atoms with Crippen molar-refractivity contribution >= 4 is 11.9 Å². The minimum absolute atomic E-state index is 0.0377. The molecule has 1 saturated heterocycles. The summed E-state index contributed by atoms with van der Waals surface area (Å²) < 4.78 is 12.3. The summed E-state index contributed by atoms with van der Waals surface area (Å²) in [7, 11) is 0. The molecule has 1 fully saturated rings. The zero-order valence-corrected chi connectivity index (χ0v) is 33.7. The van der Waals surface area contributed by atoms with E-state index < -0.39 is 0 Å². The van der Waals surface area contributed by atoms with Crippen LogP contribution in [0.4, 0.5) is 0 Å². The minimum Gasteiger partial charge on any atom is -0.464 e. The molecule has 0 aliphatic carbocycles. The van der Waals surface area contributed by atoms with Crippen LogP contribution < -0.4 is 5.73 Å². The lowest BCUT2D eigenvalue weighted by Gasteiger charge is -2.44. The number of quaternary nitrogens is 1. The predicted octanol–water partition coefficient (Wildman–Crippen LogP) is 10.5. The zero-order chi connectivity index (χ0) is 36.2. The van der Waals surface area contributed by atoms with E-state index in [9.17, 15) is 9.59 Å². The van der Waals surface area contributed by atoms with Crippen LogP contribution in [0, 0.1) is 0 Å². The number of esters is 2. The van der Waals surface area contributed by atoms with Crippen molar-refractivity contribution in [2.75, 3.05) is 65.6 Å². The molecule has 0 unspecified atom stereocenters. The van der Waals surface area contributed by atoms with Gasteiger partial charge in [0.1, 0.15) is 19.8 Å². The molecule has 7 nitrogen and oxygen atoms in total. The molecule has 0 bridgehead atoms. The average molecular weight is 709 g/mol. The molecule has 50 heavy (non-hydrogen) atoms. The molecule has 296 valence electrons. The van der Waals surface area contributed by atoms with Crippen molar-refractivity contribution in [3.05, 3.63) is 0 Å². The van der Waals surface area contributed by atoms with Gasteiger partial charge in [-0.15, -0.1) is 0 Å². The van der Waals surface area contributed by atoms with Crippen molar-refractivity contribution in [2.45, 2.75) is 200 Å². The Kier molecular flexibility index (Phi) is 32.7. The van der Waals surface area contributed by atoms with E-state index in [1.165, 1.54) is 141 Å². The van der Waals surface area contributed by atoms with Gasteiger partial charge in [0.15, 0.2) is 0 Å². The van der Waals surface area contributed by atoms with Crippen molar-refractivity contribution in [1.29, 1.82) is 0 Å². The monoisotopic (exact) mass is 709 g/mol. The molecule has 0 radical (unpaired) electrons. The third kappa shape index (κ3) is 28.4. The first-order valence-corrected chi connectivity index (χ1v) is 22.1. The van der Waals surface area contributed by atoms with Crippen LogP contribution >= 0.6 is 0 Å². The third-order valence-electron chi connectivity index (χ3n) is 11.1. The van der Waals surface area contributed by atoms with E-state index in [1.807, 2.05) is 0 Å². The van der Waals surface area contributed by atoms with E-state index in [0.717, 1.165) is 82.4 Å². The molecule has 1 rings (SSSR count). The molecular weight excluding hydrogens is 622 g/mol. The van der Waals surface area contributed by atoms with Gasteiger partial charge in [-0.3, -0.25) is 14.5 Å². The summed E-state index contributed by atoms with van der Waals surface area (Å²) in [6.45, 7) is 13.0. The van der Waals surface area contributed by atoms with Crippen LogP contribution in [0.1, 0.15) is 200 Å². The Bertz CT molecular complexity index is 756. The SMILES string of the molecule is CCCCCCCCCCCCCCCC(=O)OCCN1CC[N+](CCCN)(CCOC(=O)CCCCCCCCCCCCCCC)CC1. The summed E-state index contributed by atoms with van der Waals surface area (Å²) in [5.41, 5.74) is 5.89. The van der Waals surface area contributed by atoms with Gasteiger partial charge in [-0.2, -0.15) is 0 Å². The molecule has 0 spiro atoms. The number of carbonyl (C=O) groups is 2. The van der Waals surface area contributed by atoms with Crippen LogP contribution in [0.5, 0.6) is 0 Å². The quantitative estimate of drug-likeness (QED) is 0.0393. The van der Waals surface area contributed by atoms with Crippen molar-refractivity contribution < 1.29 is 23.5 Å². The second-order valence-corrected chi connectivity index (χ2v) is 15.6. The number of rotatable bonds is 37. The number of hydrogen-bond donors (Lipinski definition) is 1. The predicted molar refractivity (Wildman–Crippen MR) is 212 cm³/mol. The number of carbonyl (C=O) groups excluding carboxylic acids is 2. The molecule has 0 aromatic carbocycles. The Morgan fingerprint density at radius 2 is 0.860 bits per heavy atom. The first kappa shape index (κ1) is 46.8. The summed E-state index contributed by atoms with van der Waals surface area (Å²) in [5, 5.41) is 0. The highest BCUT2D eigenvalue weighted by Gasteiger charge is 2.32. The number of unbranched alkanes of at least 4 members (excludes halogenated alkanes) is 24. The van der Waals surface area contributed by atoms with Crippen LogP contribution in [-0.2, 0) is 19.1 Å². The first-order chi connectivity index (χ1) is 24.5. The van der Waals surface area contributed by atoms with Crippen LogP contribution in [0.3, 0.4) is 0 Å². The summed E-state index contributed by atoms with van der Waals surface area (Å²) in [4.78, 5) is 27.1. The Hall–Kier alpha value is -1.18. The highest BCUT2D eigenvalue weighted by Crippen LogP contribution is 2.17. The summed E-state index contributed by atoms with van der Waals surface area (Å²) in [5.74, 6) is -0.0805. The molecule has 7 heteroatoms. The van der Waals surface area contributed by atoms with Crippen molar-refractivity contribution in [3.8, 4) is 0 Å². The Morgan fingerprint density at radius 3 is 1.24 bits per heavy atom. The summed E-state index contributed by atoms with van der Waals surface area (Å²) in [6, 6.07) is 0. The molecule has 1 aliphatic rings. The Labute approximate surface area is 311 Å². The van der Waals surface area contributed by atoms with E-state index in [1.54, 1.807) is 0 Å². The van der Waals surface area contributed by atoms with Gasteiger partial charge in [0.25, 0.3) is 0 Å². The summed E-state index contributed by atoms with van der Waals surface area (Å²) in [6.07, 6.45) is 36.2. The van der Waals surface area contributed by atoms with Gasteiger partial charge < -0.3 is 19.7 Å². The normalized spacial score (nSPS) is 14.6.